The summed E-state index contributed by atoms with van der Waals surface area (Å²) in [6, 6.07) is 208. The summed E-state index contributed by atoms with van der Waals surface area (Å²) in [4.78, 5) is 34.5. The average Bonchev–Trinajstić information content (AvgIpc) is 1.58. The van der Waals surface area contributed by atoms with Crippen molar-refractivity contribution in [1.29, 1.82) is 0 Å². The van der Waals surface area contributed by atoms with Crippen LogP contribution in [0.3, 0.4) is 0 Å². The number of hydrogen-bond donors (Lipinski definition) is 0. The maximum atomic E-state index is 5.14. The van der Waals surface area contributed by atoms with Gasteiger partial charge in [-0.1, -0.05) is 364 Å². The van der Waals surface area contributed by atoms with Gasteiger partial charge in [0.15, 0.2) is 23.3 Å². The molecule has 0 radical (unpaired) electrons. The normalized spacial score (nSPS) is 11.2. The van der Waals surface area contributed by atoms with Gasteiger partial charge in [0.1, 0.15) is 0 Å². The topological polar surface area (TPSA) is 87.3 Å². The van der Waals surface area contributed by atoms with Crippen LogP contribution >= 0.6 is 0 Å². The van der Waals surface area contributed by atoms with Gasteiger partial charge in [-0.2, -0.15) is 0 Å². The zero-order chi connectivity index (χ0) is 99.8. The standard InChI is InChI=1S/C70H49N5.C69H48N6/c1-7-19-52(20-8-1)66-49-67(72-70(71-66)54-21-9-2-10-22-54)53-35-43-63(44-36-53)75-68-45-37-55(50-31-39-61(40-32-50)73(57-23-11-3-12-24-57)58-25-13-4-14-26-58)47-64(68)65-48-56(38-46-69(65)75)51-33-41-62(42-34-51)74(59-27-15-5-16-28-59)60-29-17-6-18-30-60;1-7-20-51(21-8-1)67-70-68(52-22-9-2-10-23-52)72-69(71-67)55-24-19-33-62(46-55)75-65-44-38-53(49-34-40-60(41-35-49)73(56-25-11-3-12-26-56)57-27-13-4-14-28-57)47-63(65)64-48-54(39-45-66(64)75)50-36-42-61(43-37-50)74(58-29-15-5-16-30-58)59-31-17-6-18-32-59/h1-49H;1-48H. The van der Waals surface area contributed by atoms with Gasteiger partial charge >= 0.3 is 0 Å². The molecule has 0 fully saturated rings. The van der Waals surface area contributed by atoms with Crippen LogP contribution in [0.25, 0.3) is 168 Å². The smallest absolute Gasteiger partial charge is 0.164 e. The largest absolute Gasteiger partial charge is 0.311 e. The molecule has 4 heterocycles. The molecule has 708 valence electrons. The molecule has 0 bridgehead atoms. The molecule has 0 atom stereocenters. The lowest BCUT2D eigenvalue weighted by atomic mass is 9.99. The van der Waals surface area contributed by atoms with Crippen molar-refractivity contribution in [2.24, 2.45) is 0 Å². The highest BCUT2D eigenvalue weighted by Crippen LogP contribution is 2.47. The molecule has 0 saturated heterocycles. The van der Waals surface area contributed by atoms with E-state index in [1.807, 2.05) is 84.9 Å². The Hall–Kier alpha value is -20.3. The van der Waals surface area contributed by atoms with Crippen LogP contribution in [-0.4, -0.2) is 34.1 Å². The Morgan fingerprint density at radius 3 is 0.573 bits per heavy atom. The van der Waals surface area contributed by atoms with Gasteiger partial charge in [0.25, 0.3) is 0 Å². The van der Waals surface area contributed by atoms with Crippen molar-refractivity contribution >= 4 is 112 Å². The summed E-state index contributed by atoms with van der Waals surface area (Å²) < 4.78 is 4.77. The minimum atomic E-state index is 0.609. The van der Waals surface area contributed by atoms with Crippen LogP contribution in [-0.2, 0) is 0 Å². The number of rotatable bonds is 24. The minimum Gasteiger partial charge on any atom is -0.311 e. The maximum absolute atomic E-state index is 5.14. The predicted octanol–water partition coefficient (Wildman–Crippen LogP) is 37.1. The third-order valence-corrected chi connectivity index (χ3v) is 27.8. The molecule has 0 unspecified atom stereocenters. The molecule has 0 aliphatic heterocycles. The van der Waals surface area contributed by atoms with Gasteiger partial charge in [-0.3, -0.25) is 0 Å². The van der Waals surface area contributed by atoms with Crippen molar-refractivity contribution in [3.8, 4) is 124 Å². The number of nitrogens with zero attached hydrogens (tertiary/aromatic N) is 11. The van der Waals surface area contributed by atoms with Gasteiger partial charge in [0.05, 0.1) is 33.5 Å². The third kappa shape index (κ3) is 18.6. The Bertz CT molecular complexity index is 8570. The maximum Gasteiger partial charge on any atom is 0.164 e. The molecule has 4 aromatic heterocycles. The van der Waals surface area contributed by atoms with E-state index in [0.717, 1.165) is 202 Å². The highest BCUT2D eigenvalue weighted by molar-refractivity contribution is 6.13. The number of benzene rings is 22. The zero-order valence-corrected chi connectivity index (χ0v) is 81.9. The lowest BCUT2D eigenvalue weighted by Gasteiger charge is -2.25. The summed E-state index contributed by atoms with van der Waals surface area (Å²) in [5.41, 5.74) is 36.5. The van der Waals surface area contributed by atoms with Gasteiger partial charge in [0, 0.05) is 135 Å². The Labute approximate surface area is 871 Å². The highest BCUT2D eigenvalue weighted by atomic mass is 15.2. The fraction of sp³-hybridized carbons (Fsp3) is 0. The van der Waals surface area contributed by atoms with Crippen molar-refractivity contribution in [2.45, 2.75) is 0 Å². The molecule has 0 saturated carbocycles. The monoisotopic (exact) mass is 1920 g/mol. The van der Waals surface area contributed by atoms with Gasteiger partial charge < -0.3 is 28.7 Å². The van der Waals surface area contributed by atoms with E-state index >= 15 is 0 Å². The first-order chi connectivity index (χ1) is 74.4. The van der Waals surface area contributed by atoms with E-state index in [9.17, 15) is 0 Å². The second-order valence-corrected chi connectivity index (χ2v) is 37.1. The van der Waals surface area contributed by atoms with Crippen molar-refractivity contribution < 1.29 is 0 Å². The Kier molecular flexibility index (Phi) is 25.0. The van der Waals surface area contributed by atoms with Crippen molar-refractivity contribution in [1.82, 2.24) is 34.1 Å². The molecule has 0 spiro atoms. The first-order valence-corrected chi connectivity index (χ1v) is 50.6. The number of aromatic nitrogens is 7. The summed E-state index contributed by atoms with van der Waals surface area (Å²) in [6.07, 6.45) is 0. The summed E-state index contributed by atoms with van der Waals surface area (Å²) in [5, 5.41) is 4.67. The molecule has 0 N–H and O–H groups in total. The molecule has 22 aromatic carbocycles. The molecule has 11 heteroatoms. The number of anilines is 12. The lowest BCUT2D eigenvalue weighted by molar-refractivity contribution is 1.07. The van der Waals surface area contributed by atoms with Crippen LogP contribution in [0.5, 0.6) is 0 Å². The van der Waals surface area contributed by atoms with Crippen LogP contribution in [0.2, 0.25) is 0 Å². The molecule has 26 aromatic rings. The third-order valence-electron chi connectivity index (χ3n) is 27.8. The van der Waals surface area contributed by atoms with E-state index < -0.39 is 0 Å². The molecule has 150 heavy (non-hydrogen) atoms. The first kappa shape index (κ1) is 91.0. The zero-order valence-electron chi connectivity index (χ0n) is 81.9. The molecule has 26 rings (SSSR count). The summed E-state index contributed by atoms with van der Waals surface area (Å²) in [6.45, 7) is 0. The van der Waals surface area contributed by atoms with Crippen molar-refractivity contribution in [3.05, 3.63) is 588 Å². The molecule has 0 aliphatic rings. The second kappa shape index (κ2) is 41.2. The first-order valence-electron chi connectivity index (χ1n) is 50.6. The minimum absolute atomic E-state index is 0.609. The lowest BCUT2D eigenvalue weighted by Crippen LogP contribution is -2.09. The molecule has 11 nitrogen and oxygen atoms in total. The molecule has 0 amide bonds. The number of para-hydroxylation sites is 8. The van der Waals surface area contributed by atoms with Crippen LogP contribution in [0.15, 0.2) is 588 Å². The quantitative estimate of drug-likeness (QED) is 0.0587. The van der Waals surface area contributed by atoms with Crippen LogP contribution in [0.4, 0.5) is 68.2 Å². The van der Waals surface area contributed by atoms with Crippen LogP contribution in [0.1, 0.15) is 0 Å². The average molecular weight is 1920 g/mol. The van der Waals surface area contributed by atoms with Gasteiger partial charge in [-0.25, -0.2) is 24.9 Å². The number of hydrogen-bond acceptors (Lipinski definition) is 9. The van der Waals surface area contributed by atoms with E-state index in [1.165, 1.54) is 10.8 Å². The van der Waals surface area contributed by atoms with E-state index in [4.69, 9.17) is 24.9 Å². The van der Waals surface area contributed by atoms with E-state index in [2.05, 4.69) is 532 Å². The Morgan fingerprint density at radius 1 is 0.120 bits per heavy atom. The fourth-order valence-corrected chi connectivity index (χ4v) is 20.5. The summed E-state index contributed by atoms with van der Waals surface area (Å²) in [7, 11) is 0. The van der Waals surface area contributed by atoms with Gasteiger partial charge in [0.2, 0.25) is 0 Å². The van der Waals surface area contributed by atoms with Crippen molar-refractivity contribution in [3.63, 3.8) is 0 Å². The molecule has 0 aliphatic carbocycles. The van der Waals surface area contributed by atoms with E-state index in [0.29, 0.717) is 23.3 Å². The Morgan fingerprint density at radius 2 is 0.313 bits per heavy atom. The Balaban J connectivity index is 0.000000155. The summed E-state index contributed by atoms with van der Waals surface area (Å²) in [5.74, 6) is 2.56. The van der Waals surface area contributed by atoms with Gasteiger partial charge in [-0.05, 0) is 269 Å². The van der Waals surface area contributed by atoms with Crippen molar-refractivity contribution in [2.75, 3.05) is 19.6 Å². The summed E-state index contributed by atoms with van der Waals surface area (Å²) >= 11 is 0. The predicted molar refractivity (Wildman–Crippen MR) is 624 cm³/mol. The number of fused-ring (bicyclic) bond motifs is 6. The van der Waals surface area contributed by atoms with E-state index in [1.54, 1.807) is 0 Å². The second-order valence-electron chi connectivity index (χ2n) is 37.1. The SMILES string of the molecule is c1ccc(-c2cc(-c3ccc(-n4c5ccc(-c6ccc(N(c7ccccc7)c7ccccc7)cc6)cc5c5cc(-c6ccc(N(c7ccccc7)c7ccccc7)cc6)ccc54)cc3)nc(-c3ccccc3)n2)cc1.c1ccc(-c2nc(-c3ccccc3)nc(-c3cccc(-n4c5ccc(-c6ccc(N(c7ccccc7)c7ccccc7)cc6)cc5c5cc(-c6ccc(N(c7ccccc7)c7ccccc7)cc6)ccc54)c3)n2)cc1. The van der Waals surface area contributed by atoms with Crippen LogP contribution < -0.4 is 19.6 Å². The van der Waals surface area contributed by atoms with Gasteiger partial charge in [-0.15, -0.1) is 0 Å². The molecular weight excluding hydrogens is 1820 g/mol. The highest BCUT2D eigenvalue weighted by Gasteiger charge is 2.25. The van der Waals surface area contributed by atoms with E-state index in [-0.39, 0.29) is 0 Å². The van der Waals surface area contributed by atoms with Crippen LogP contribution in [0, 0.1) is 0 Å². The fourth-order valence-electron chi connectivity index (χ4n) is 20.5. The molecular formula is C139H97N11.